The zero-order valence-electron chi connectivity index (χ0n) is 19.5. The molecule has 4 heterocycles. The van der Waals surface area contributed by atoms with Crippen molar-refractivity contribution in [3.8, 4) is 11.3 Å². The fourth-order valence-corrected chi connectivity index (χ4v) is 4.75. The predicted octanol–water partition coefficient (Wildman–Crippen LogP) is 1.79. The van der Waals surface area contributed by atoms with Gasteiger partial charge in [-0.3, -0.25) is 19.0 Å². The topological polar surface area (TPSA) is 130 Å². The monoisotopic (exact) mass is 508 g/mol. The summed E-state index contributed by atoms with van der Waals surface area (Å²) in [5.74, 6) is 0.591. The predicted molar refractivity (Wildman–Crippen MR) is 131 cm³/mol. The number of carbonyl (C=O) groups excluding carboxylic acids is 2. The van der Waals surface area contributed by atoms with Crippen LogP contribution in [0.15, 0.2) is 70.6 Å². The molecule has 0 spiro atoms. The van der Waals surface area contributed by atoms with Crippen molar-refractivity contribution in [2.75, 3.05) is 44.3 Å². The summed E-state index contributed by atoms with van der Waals surface area (Å²) in [6, 6.07) is 9.74. The van der Waals surface area contributed by atoms with E-state index in [9.17, 15) is 18.0 Å². The fraction of sp³-hybridized carbons (Fsp3) is 0.250. The van der Waals surface area contributed by atoms with Gasteiger partial charge in [0.1, 0.15) is 11.5 Å². The lowest BCUT2D eigenvalue weighted by atomic mass is 10.1. The Morgan fingerprint density at radius 3 is 2.44 bits per heavy atom. The van der Waals surface area contributed by atoms with Gasteiger partial charge in [0, 0.05) is 50.4 Å². The van der Waals surface area contributed by atoms with Gasteiger partial charge in [0.05, 0.1) is 23.9 Å². The lowest BCUT2D eigenvalue weighted by Crippen LogP contribution is -2.51. The Bertz CT molecular complexity index is 1500. The van der Waals surface area contributed by atoms with Crippen LogP contribution in [0.5, 0.6) is 0 Å². The van der Waals surface area contributed by atoms with E-state index in [0.717, 1.165) is 6.26 Å². The van der Waals surface area contributed by atoms with E-state index < -0.39 is 9.84 Å². The summed E-state index contributed by atoms with van der Waals surface area (Å²) in [6.45, 7) is 1.71. The van der Waals surface area contributed by atoms with Gasteiger partial charge < -0.3 is 19.5 Å². The number of aromatic nitrogens is 3. The average Bonchev–Trinajstić information content (AvgIpc) is 3.55. The van der Waals surface area contributed by atoms with Crippen molar-refractivity contribution in [2.24, 2.45) is 0 Å². The lowest BCUT2D eigenvalue weighted by molar-refractivity contribution is -0.130. The SMILES string of the molecule is CS(=O)(=O)c1ccc(-c2nc3cnccn3c2NCC(=O)N2CCN(C(=O)c3ccco3)CC2)cc1. The van der Waals surface area contributed by atoms with Crippen molar-refractivity contribution < 1.29 is 22.4 Å². The maximum Gasteiger partial charge on any atom is 0.289 e. The third-order valence-electron chi connectivity index (χ3n) is 6.04. The van der Waals surface area contributed by atoms with Crippen LogP contribution >= 0.6 is 0 Å². The van der Waals surface area contributed by atoms with Gasteiger partial charge in [-0.1, -0.05) is 12.1 Å². The summed E-state index contributed by atoms with van der Waals surface area (Å²) in [7, 11) is -3.32. The van der Waals surface area contributed by atoms with Crippen LogP contribution < -0.4 is 5.32 Å². The number of nitrogens with one attached hydrogen (secondary N) is 1. The maximum atomic E-state index is 13.0. The highest BCUT2D eigenvalue weighted by Crippen LogP contribution is 2.29. The van der Waals surface area contributed by atoms with Crippen molar-refractivity contribution in [1.82, 2.24) is 24.2 Å². The molecule has 0 aliphatic carbocycles. The number of benzene rings is 1. The molecule has 36 heavy (non-hydrogen) atoms. The Morgan fingerprint density at radius 1 is 1.06 bits per heavy atom. The van der Waals surface area contributed by atoms with Crippen LogP contribution in [0.25, 0.3) is 16.9 Å². The molecule has 1 aliphatic rings. The Morgan fingerprint density at radius 2 is 1.78 bits per heavy atom. The van der Waals surface area contributed by atoms with Crippen LogP contribution in [0.2, 0.25) is 0 Å². The van der Waals surface area contributed by atoms with Gasteiger partial charge in [-0.2, -0.15) is 0 Å². The van der Waals surface area contributed by atoms with Crippen LogP contribution in [0.4, 0.5) is 5.82 Å². The minimum atomic E-state index is -3.32. The average molecular weight is 509 g/mol. The molecule has 186 valence electrons. The summed E-state index contributed by atoms with van der Waals surface area (Å²) >= 11 is 0. The number of amides is 2. The largest absolute Gasteiger partial charge is 0.459 e. The van der Waals surface area contributed by atoms with E-state index in [1.807, 2.05) is 0 Å². The van der Waals surface area contributed by atoms with Crippen LogP contribution in [-0.2, 0) is 14.6 Å². The van der Waals surface area contributed by atoms with E-state index in [1.165, 1.54) is 18.4 Å². The molecule has 1 N–H and O–H groups in total. The van der Waals surface area contributed by atoms with Crippen LogP contribution in [0, 0.1) is 0 Å². The van der Waals surface area contributed by atoms with E-state index in [0.29, 0.717) is 48.9 Å². The number of furan rings is 1. The summed E-state index contributed by atoms with van der Waals surface area (Å²) in [5.41, 5.74) is 1.86. The molecule has 5 rings (SSSR count). The Hall–Kier alpha value is -4.19. The van der Waals surface area contributed by atoms with E-state index >= 15 is 0 Å². The smallest absolute Gasteiger partial charge is 0.289 e. The first-order chi connectivity index (χ1) is 17.3. The summed E-state index contributed by atoms with van der Waals surface area (Å²) < 4.78 is 30.6. The zero-order chi connectivity index (χ0) is 25.3. The minimum absolute atomic E-state index is 0.0245. The number of imidazole rings is 1. The Balaban J connectivity index is 1.30. The molecule has 0 atom stereocenters. The van der Waals surface area contributed by atoms with Crippen LogP contribution in [0.3, 0.4) is 0 Å². The van der Waals surface area contributed by atoms with Gasteiger partial charge in [0.25, 0.3) is 5.91 Å². The fourth-order valence-electron chi connectivity index (χ4n) is 4.12. The van der Waals surface area contributed by atoms with Gasteiger partial charge in [-0.25, -0.2) is 13.4 Å². The quantitative estimate of drug-likeness (QED) is 0.417. The number of carbonyl (C=O) groups is 2. The van der Waals surface area contributed by atoms with Crippen LogP contribution in [-0.4, -0.2) is 83.4 Å². The summed E-state index contributed by atoms with van der Waals surface area (Å²) in [5, 5.41) is 3.20. The van der Waals surface area contributed by atoms with Gasteiger partial charge in [0.2, 0.25) is 5.91 Å². The zero-order valence-corrected chi connectivity index (χ0v) is 20.3. The molecular formula is C24H24N6O5S. The second kappa shape index (κ2) is 9.46. The maximum absolute atomic E-state index is 13.0. The number of fused-ring (bicyclic) bond motifs is 1. The van der Waals surface area contributed by atoms with Crippen molar-refractivity contribution in [3.63, 3.8) is 0 Å². The molecular weight excluding hydrogens is 484 g/mol. The van der Waals surface area contributed by atoms with Gasteiger partial charge in [-0.05, 0) is 24.3 Å². The molecule has 11 nitrogen and oxygen atoms in total. The van der Waals surface area contributed by atoms with Crippen molar-refractivity contribution >= 4 is 33.1 Å². The normalized spacial score (nSPS) is 14.2. The first-order valence-corrected chi connectivity index (χ1v) is 13.2. The second-order valence-electron chi connectivity index (χ2n) is 8.41. The molecule has 3 aromatic heterocycles. The molecule has 1 aliphatic heterocycles. The third kappa shape index (κ3) is 4.67. The molecule has 1 fully saturated rings. The van der Waals surface area contributed by atoms with E-state index in [2.05, 4.69) is 15.3 Å². The molecule has 2 amide bonds. The lowest BCUT2D eigenvalue weighted by Gasteiger charge is -2.34. The molecule has 1 aromatic carbocycles. The van der Waals surface area contributed by atoms with Gasteiger partial charge in [0.15, 0.2) is 21.2 Å². The highest BCUT2D eigenvalue weighted by Gasteiger charge is 2.26. The van der Waals surface area contributed by atoms with Crippen molar-refractivity contribution in [2.45, 2.75) is 4.90 Å². The highest BCUT2D eigenvalue weighted by atomic mass is 32.2. The third-order valence-corrected chi connectivity index (χ3v) is 7.17. The number of piperazine rings is 1. The summed E-state index contributed by atoms with van der Waals surface area (Å²) in [6.07, 6.45) is 7.58. The minimum Gasteiger partial charge on any atom is -0.459 e. The standard InChI is InChI=1S/C24H24N6O5S/c1-36(33,34)18-6-4-17(5-7-18)22-23(30-9-8-25-15-20(30)27-22)26-16-21(31)28-10-12-29(13-11-28)24(32)19-3-2-14-35-19/h2-9,14-15,26H,10-13,16H2,1H3. The molecule has 1 saturated heterocycles. The first-order valence-electron chi connectivity index (χ1n) is 11.3. The van der Waals surface area contributed by atoms with E-state index in [-0.39, 0.29) is 29.0 Å². The van der Waals surface area contributed by atoms with Gasteiger partial charge >= 0.3 is 0 Å². The highest BCUT2D eigenvalue weighted by molar-refractivity contribution is 7.90. The number of anilines is 1. The summed E-state index contributed by atoms with van der Waals surface area (Å²) in [4.78, 5) is 37.8. The number of rotatable bonds is 6. The number of hydrogen-bond donors (Lipinski definition) is 1. The second-order valence-corrected chi connectivity index (χ2v) is 10.4. The number of hydrogen-bond acceptors (Lipinski definition) is 8. The first kappa shape index (κ1) is 23.5. The molecule has 0 unspecified atom stereocenters. The molecule has 0 radical (unpaired) electrons. The molecule has 0 bridgehead atoms. The molecule has 0 saturated carbocycles. The van der Waals surface area contributed by atoms with Crippen molar-refractivity contribution in [1.29, 1.82) is 0 Å². The number of sulfone groups is 1. The van der Waals surface area contributed by atoms with Crippen LogP contribution in [0.1, 0.15) is 10.6 Å². The van der Waals surface area contributed by atoms with Gasteiger partial charge in [-0.15, -0.1) is 0 Å². The Kier molecular flexibility index (Phi) is 6.18. The van der Waals surface area contributed by atoms with E-state index in [4.69, 9.17) is 4.42 Å². The van der Waals surface area contributed by atoms with E-state index in [1.54, 1.807) is 57.1 Å². The Labute approximate surface area is 207 Å². The number of nitrogens with zero attached hydrogens (tertiary/aromatic N) is 5. The van der Waals surface area contributed by atoms with Crippen molar-refractivity contribution in [3.05, 3.63) is 67.0 Å². The molecule has 4 aromatic rings. The molecule has 12 heteroatoms.